The average molecular weight is 114 g/mol. The number of dihydropyridines is 1. The minimum absolute atomic E-state index is 0.356. The van der Waals surface area contributed by atoms with Crippen molar-refractivity contribution in [1.29, 1.82) is 0 Å². The molecule has 0 spiro atoms. The lowest BCUT2D eigenvalue weighted by Crippen LogP contribution is -2.16. The van der Waals surface area contributed by atoms with Crippen LogP contribution < -0.4 is 11.1 Å². The molecule has 0 amide bonds. The smallest absolute Gasteiger partial charge is 0.189 e. The standard InChI is InChI=1S/C5H7FN2/c6-5-3-4(7)1-2-8-5/h1,3,8H,2,7H2. The number of nitrogens with one attached hydrogen (secondary N) is 1. The van der Waals surface area contributed by atoms with Crippen molar-refractivity contribution in [3.05, 3.63) is 23.8 Å². The minimum atomic E-state index is -0.356. The lowest BCUT2D eigenvalue weighted by Gasteiger charge is -2.04. The first kappa shape index (κ1) is 5.15. The first-order valence-corrected chi connectivity index (χ1v) is 2.36. The van der Waals surface area contributed by atoms with E-state index in [0.29, 0.717) is 12.2 Å². The molecule has 1 aliphatic rings. The molecule has 3 heteroatoms. The molecule has 1 heterocycles. The summed E-state index contributed by atoms with van der Waals surface area (Å²) in [7, 11) is 0. The van der Waals surface area contributed by atoms with Gasteiger partial charge in [-0.25, -0.2) is 0 Å². The topological polar surface area (TPSA) is 38.0 Å². The molecule has 0 fully saturated rings. The predicted octanol–water partition coefficient (Wildman–Crippen LogP) is 0.243. The third-order valence-electron chi connectivity index (χ3n) is 0.902. The Morgan fingerprint density at radius 1 is 1.75 bits per heavy atom. The van der Waals surface area contributed by atoms with Crippen LogP contribution in [-0.2, 0) is 0 Å². The number of hydrogen-bond donors (Lipinski definition) is 2. The van der Waals surface area contributed by atoms with Crippen LogP contribution in [0.25, 0.3) is 0 Å². The highest BCUT2D eigenvalue weighted by Gasteiger charge is 1.97. The van der Waals surface area contributed by atoms with E-state index in [9.17, 15) is 4.39 Å². The molecule has 1 aliphatic heterocycles. The SMILES string of the molecule is NC1=CCNC(F)=C1. The number of halogens is 1. The highest BCUT2D eigenvalue weighted by Crippen LogP contribution is 1.99. The second-order valence-corrected chi connectivity index (χ2v) is 1.58. The second kappa shape index (κ2) is 1.86. The predicted molar refractivity (Wildman–Crippen MR) is 29.5 cm³/mol. The Morgan fingerprint density at radius 2 is 2.50 bits per heavy atom. The van der Waals surface area contributed by atoms with Crippen LogP contribution >= 0.6 is 0 Å². The van der Waals surface area contributed by atoms with Gasteiger partial charge in [-0.1, -0.05) is 0 Å². The fourth-order valence-electron chi connectivity index (χ4n) is 0.523. The average Bonchev–Trinajstić information content (AvgIpc) is 1.64. The largest absolute Gasteiger partial charge is 0.399 e. The Bertz CT molecular complexity index is 149. The lowest BCUT2D eigenvalue weighted by atomic mass is 10.3. The van der Waals surface area contributed by atoms with Crippen molar-refractivity contribution >= 4 is 0 Å². The summed E-state index contributed by atoms with van der Waals surface area (Å²) in [6.45, 7) is 0.494. The summed E-state index contributed by atoms with van der Waals surface area (Å²) in [6.07, 6.45) is 2.96. The monoisotopic (exact) mass is 114 g/mol. The van der Waals surface area contributed by atoms with Crippen molar-refractivity contribution in [3.8, 4) is 0 Å². The quantitative estimate of drug-likeness (QED) is 0.443. The number of nitrogens with two attached hydrogens (primary N) is 1. The van der Waals surface area contributed by atoms with Gasteiger partial charge in [0.2, 0.25) is 0 Å². The molecule has 0 aromatic carbocycles. The molecule has 0 saturated heterocycles. The lowest BCUT2D eigenvalue weighted by molar-refractivity contribution is 0.553. The van der Waals surface area contributed by atoms with Gasteiger partial charge in [0, 0.05) is 18.3 Å². The van der Waals surface area contributed by atoms with Crippen LogP contribution in [0.15, 0.2) is 23.8 Å². The van der Waals surface area contributed by atoms with Gasteiger partial charge >= 0.3 is 0 Å². The van der Waals surface area contributed by atoms with E-state index in [4.69, 9.17) is 5.73 Å². The molecule has 1 rings (SSSR count). The van der Waals surface area contributed by atoms with Crippen molar-refractivity contribution in [2.24, 2.45) is 5.73 Å². The van der Waals surface area contributed by atoms with Crippen LogP contribution in [0.5, 0.6) is 0 Å². The van der Waals surface area contributed by atoms with Gasteiger partial charge < -0.3 is 11.1 Å². The van der Waals surface area contributed by atoms with E-state index in [1.165, 1.54) is 6.08 Å². The van der Waals surface area contributed by atoms with Gasteiger partial charge in [0.15, 0.2) is 5.95 Å². The second-order valence-electron chi connectivity index (χ2n) is 1.58. The van der Waals surface area contributed by atoms with E-state index in [0.717, 1.165) is 0 Å². The van der Waals surface area contributed by atoms with E-state index >= 15 is 0 Å². The summed E-state index contributed by atoms with van der Waals surface area (Å²) < 4.78 is 12.1. The third kappa shape index (κ3) is 0.992. The molecule has 8 heavy (non-hydrogen) atoms. The van der Waals surface area contributed by atoms with E-state index in [1.54, 1.807) is 6.08 Å². The molecule has 0 unspecified atom stereocenters. The Hall–Kier alpha value is -0.990. The summed E-state index contributed by atoms with van der Waals surface area (Å²) in [5, 5.41) is 2.45. The van der Waals surface area contributed by atoms with Crippen LogP contribution in [0.4, 0.5) is 4.39 Å². The Labute approximate surface area is 46.9 Å². The van der Waals surface area contributed by atoms with Crippen LogP contribution in [0, 0.1) is 0 Å². The molecule has 3 N–H and O–H groups in total. The van der Waals surface area contributed by atoms with E-state index < -0.39 is 0 Å². The normalized spacial score (nSPS) is 18.6. The van der Waals surface area contributed by atoms with Crippen LogP contribution in [0.2, 0.25) is 0 Å². The number of hydrogen-bond acceptors (Lipinski definition) is 2. The van der Waals surface area contributed by atoms with Gasteiger partial charge in [-0.05, 0) is 6.08 Å². The molecule has 0 aromatic heterocycles. The van der Waals surface area contributed by atoms with Crippen LogP contribution in [-0.4, -0.2) is 6.54 Å². The number of rotatable bonds is 0. The summed E-state index contributed by atoms with van der Waals surface area (Å²) >= 11 is 0. The van der Waals surface area contributed by atoms with Crippen LogP contribution in [0.3, 0.4) is 0 Å². The van der Waals surface area contributed by atoms with Gasteiger partial charge in [-0.15, -0.1) is 0 Å². The van der Waals surface area contributed by atoms with E-state index in [2.05, 4.69) is 5.32 Å². The van der Waals surface area contributed by atoms with Crippen molar-refractivity contribution < 1.29 is 4.39 Å². The highest BCUT2D eigenvalue weighted by molar-refractivity contribution is 5.21. The van der Waals surface area contributed by atoms with E-state index in [1.807, 2.05) is 0 Å². The maximum atomic E-state index is 12.1. The molecule has 44 valence electrons. The van der Waals surface area contributed by atoms with Crippen LogP contribution in [0.1, 0.15) is 0 Å². The van der Waals surface area contributed by atoms with E-state index in [-0.39, 0.29) is 5.95 Å². The Kier molecular flexibility index (Phi) is 1.20. The molecular formula is C5H7FN2. The summed E-state index contributed by atoms with van der Waals surface area (Å²) in [4.78, 5) is 0. The molecular weight excluding hydrogens is 107 g/mol. The maximum Gasteiger partial charge on any atom is 0.189 e. The maximum absolute atomic E-state index is 12.1. The molecule has 0 bridgehead atoms. The third-order valence-corrected chi connectivity index (χ3v) is 0.902. The van der Waals surface area contributed by atoms with Gasteiger partial charge in [0.1, 0.15) is 0 Å². The molecule has 0 aromatic rings. The molecule has 0 atom stereocenters. The summed E-state index contributed by atoms with van der Waals surface area (Å²) in [6, 6.07) is 0. The summed E-state index contributed by atoms with van der Waals surface area (Å²) in [5.41, 5.74) is 5.72. The zero-order chi connectivity index (χ0) is 5.98. The first-order chi connectivity index (χ1) is 3.79. The Balaban J connectivity index is 2.69. The molecule has 0 aliphatic carbocycles. The van der Waals surface area contributed by atoms with Crippen molar-refractivity contribution in [1.82, 2.24) is 5.32 Å². The van der Waals surface area contributed by atoms with Crippen molar-refractivity contribution in [2.75, 3.05) is 6.54 Å². The number of allylic oxidation sites excluding steroid dienone is 1. The van der Waals surface area contributed by atoms with Gasteiger partial charge in [0.05, 0.1) is 0 Å². The fraction of sp³-hybridized carbons (Fsp3) is 0.200. The fourth-order valence-corrected chi connectivity index (χ4v) is 0.523. The zero-order valence-electron chi connectivity index (χ0n) is 4.32. The van der Waals surface area contributed by atoms with Crippen molar-refractivity contribution in [3.63, 3.8) is 0 Å². The van der Waals surface area contributed by atoms with Gasteiger partial charge in [-0.2, -0.15) is 4.39 Å². The minimum Gasteiger partial charge on any atom is -0.399 e. The molecule has 0 radical (unpaired) electrons. The highest BCUT2D eigenvalue weighted by atomic mass is 19.1. The zero-order valence-corrected chi connectivity index (χ0v) is 4.32. The summed E-state index contributed by atoms with van der Waals surface area (Å²) in [5.74, 6) is -0.356. The van der Waals surface area contributed by atoms with Crippen molar-refractivity contribution in [2.45, 2.75) is 0 Å². The molecule has 0 saturated carbocycles. The molecule has 2 nitrogen and oxygen atoms in total. The first-order valence-electron chi connectivity index (χ1n) is 2.36. The van der Waals surface area contributed by atoms with Gasteiger partial charge in [-0.3, -0.25) is 0 Å². The van der Waals surface area contributed by atoms with Gasteiger partial charge in [0.25, 0.3) is 0 Å². The Morgan fingerprint density at radius 3 is 2.88 bits per heavy atom.